The number of ether oxygens (including phenoxy) is 4. The molecule has 4 atom stereocenters. The van der Waals surface area contributed by atoms with Crippen molar-refractivity contribution in [1.29, 1.82) is 5.26 Å². The molecule has 194 valence electrons. The van der Waals surface area contributed by atoms with E-state index in [2.05, 4.69) is 46.6 Å². The zero-order valence-electron chi connectivity index (χ0n) is 21.7. The van der Waals surface area contributed by atoms with Crippen LogP contribution in [0.5, 0.6) is 11.5 Å². The Morgan fingerprint density at radius 2 is 2.03 bits per heavy atom. The second-order valence-electron chi connectivity index (χ2n) is 9.82. The molecule has 1 N–H and O–H groups in total. The van der Waals surface area contributed by atoms with Gasteiger partial charge in [-0.1, -0.05) is 18.2 Å². The van der Waals surface area contributed by atoms with Crippen LogP contribution in [0.2, 0.25) is 0 Å². The van der Waals surface area contributed by atoms with Gasteiger partial charge in [0.25, 0.3) is 0 Å². The van der Waals surface area contributed by atoms with E-state index >= 15 is 0 Å². The number of nitrogens with zero attached hydrogens (tertiary/aromatic N) is 2. The van der Waals surface area contributed by atoms with Crippen LogP contribution in [0.15, 0.2) is 42.5 Å². The number of hydrogen-bond acceptors (Lipinski definition) is 7. The van der Waals surface area contributed by atoms with E-state index in [0.29, 0.717) is 19.3 Å². The van der Waals surface area contributed by atoms with Gasteiger partial charge < -0.3 is 29.2 Å². The Balaban J connectivity index is 1.45. The maximum Gasteiger partial charge on any atom is 0.142 e. The number of nitrogens with one attached hydrogen (secondary N) is 1. The molecule has 36 heavy (non-hydrogen) atoms. The van der Waals surface area contributed by atoms with E-state index in [9.17, 15) is 5.26 Å². The first-order valence-electron chi connectivity index (χ1n) is 13.0. The highest BCUT2D eigenvalue weighted by atomic mass is 16.5. The van der Waals surface area contributed by atoms with Crippen molar-refractivity contribution in [3.63, 3.8) is 0 Å². The maximum absolute atomic E-state index is 9.30. The van der Waals surface area contributed by atoms with Gasteiger partial charge in [-0.05, 0) is 61.6 Å². The number of piperidine rings is 1. The topological polar surface area (TPSA) is 76.0 Å². The molecule has 1 saturated heterocycles. The summed E-state index contributed by atoms with van der Waals surface area (Å²) in [7, 11) is 3.43. The number of benzene rings is 2. The van der Waals surface area contributed by atoms with Crippen molar-refractivity contribution < 1.29 is 18.9 Å². The number of nitriles is 1. The predicted octanol–water partition coefficient (Wildman–Crippen LogP) is 4.51. The quantitative estimate of drug-likeness (QED) is 0.462. The molecule has 2 aliphatic rings. The molecule has 1 fully saturated rings. The molecule has 0 aromatic heterocycles. The van der Waals surface area contributed by atoms with Gasteiger partial charge in [0, 0.05) is 44.7 Å². The molecule has 0 saturated carbocycles. The molecule has 2 aromatic rings. The number of fused-ring (bicyclic) bond motifs is 1. The van der Waals surface area contributed by atoms with E-state index in [1.54, 1.807) is 14.2 Å². The smallest absolute Gasteiger partial charge is 0.142 e. The van der Waals surface area contributed by atoms with Gasteiger partial charge in [-0.25, -0.2) is 0 Å². The monoisotopic (exact) mass is 493 g/mol. The van der Waals surface area contributed by atoms with Crippen LogP contribution in [-0.2, 0) is 16.1 Å². The summed E-state index contributed by atoms with van der Waals surface area (Å²) in [5.74, 6) is 2.07. The van der Waals surface area contributed by atoms with Crippen molar-refractivity contribution in [3.05, 3.63) is 53.6 Å². The Labute approximate surface area is 215 Å². The molecular weight excluding hydrogens is 454 g/mol. The van der Waals surface area contributed by atoms with Crippen LogP contribution in [0.25, 0.3) is 0 Å². The van der Waals surface area contributed by atoms with E-state index in [4.69, 9.17) is 18.9 Å². The number of hydrogen-bond donors (Lipinski definition) is 1. The molecule has 0 aliphatic carbocycles. The normalized spacial score (nSPS) is 22.3. The molecule has 2 aliphatic heterocycles. The summed E-state index contributed by atoms with van der Waals surface area (Å²) in [6.45, 7) is 6.58. The molecule has 0 spiro atoms. The average Bonchev–Trinajstić information content (AvgIpc) is 2.92. The number of methoxy groups -OCH3 is 2. The maximum atomic E-state index is 9.30. The Hall–Kier alpha value is -2.79. The first kappa shape index (κ1) is 26.3. The molecule has 7 heteroatoms. The SMILES string of the molecule is COCCCN1CCOc2ccc(CO[C@H]3CN[C@H](CC(C)C#N)C[C@@H]3c3ccc(OC)cc3)cc21. The van der Waals surface area contributed by atoms with Gasteiger partial charge in [-0.3, -0.25) is 0 Å². The molecular formula is C29H39N3O4. The standard InChI is InChI=1S/C29H39N3O4/c1-21(18-30)15-24-17-26(23-6-8-25(34-3)9-7-23)29(19-31-24)36-20-22-5-10-28-27(16-22)32(12-14-35-28)11-4-13-33-2/h5-10,16,21,24,26,29,31H,4,11-15,17,19-20H2,1-3H3/t21?,24-,26-,29+/m1/s1. The van der Waals surface area contributed by atoms with E-state index < -0.39 is 0 Å². The predicted molar refractivity (Wildman–Crippen MR) is 141 cm³/mol. The lowest BCUT2D eigenvalue weighted by molar-refractivity contribution is 0.00167. The zero-order chi connectivity index (χ0) is 25.3. The van der Waals surface area contributed by atoms with E-state index in [-0.39, 0.29) is 17.9 Å². The van der Waals surface area contributed by atoms with Crippen LogP contribution in [0.3, 0.4) is 0 Å². The first-order valence-corrected chi connectivity index (χ1v) is 13.0. The Morgan fingerprint density at radius 3 is 2.78 bits per heavy atom. The summed E-state index contributed by atoms with van der Waals surface area (Å²) >= 11 is 0. The fourth-order valence-electron chi connectivity index (χ4n) is 5.25. The summed E-state index contributed by atoms with van der Waals surface area (Å²) in [6.07, 6.45) is 2.81. The van der Waals surface area contributed by atoms with Crippen molar-refractivity contribution in [3.8, 4) is 17.6 Å². The lowest BCUT2D eigenvalue weighted by Gasteiger charge is -2.38. The Kier molecular flexibility index (Phi) is 9.46. The lowest BCUT2D eigenvalue weighted by Crippen LogP contribution is -2.47. The second-order valence-corrected chi connectivity index (χ2v) is 9.82. The van der Waals surface area contributed by atoms with Crippen LogP contribution < -0.4 is 19.7 Å². The van der Waals surface area contributed by atoms with E-state index in [0.717, 1.165) is 68.3 Å². The van der Waals surface area contributed by atoms with Crippen LogP contribution in [-0.4, -0.2) is 59.2 Å². The average molecular weight is 494 g/mol. The third-order valence-corrected chi connectivity index (χ3v) is 7.22. The van der Waals surface area contributed by atoms with Gasteiger partial charge in [0.2, 0.25) is 0 Å². The minimum Gasteiger partial charge on any atom is -0.497 e. The minimum atomic E-state index is 0.0287. The molecule has 7 nitrogen and oxygen atoms in total. The van der Waals surface area contributed by atoms with Crippen LogP contribution in [0.4, 0.5) is 5.69 Å². The minimum absolute atomic E-state index is 0.0287. The summed E-state index contributed by atoms with van der Waals surface area (Å²) in [6, 6.07) is 17.4. The lowest BCUT2D eigenvalue weighted by atomic mass is 9.82. The van der Waals surface area contributed by atoms with Gasteiger partial charge in [-0.15, -0.1) is 0 Å². The fraction of sp³-hybridized carbons (Fsp3) is 0.552. The van der Waals surface area contributed by atoms with Crippen molar-refractivity contribution in [2.24, 2.45) is 5.92 Å². The summed E-state index contributed by atoms with van der Waals surface area (Å²) < 4.78 is 23.1. The highest BCUT2D eigenvalue weighted by molar-refractivity contribution is 5.61. The molecule has 0 radical (unpaired) electrons. The Morgan fingerprint density at radius 1 is 1.19 bits per heavy atom. The van der Waals surface area contributed by atoms with E-state index in [1.165, 1.54) is 5.56 Å². The van der Waals surface area contributed by atoms with Crippen LogP contribution >= 0.6 is 0 Å². The van der Waals surface area contributed by atoms with Crippen LogP contribution in [0, 0.1) is 17.2 Å². The molecule has 0 amide bonds. The van der Waals surface area contributed by atoms with Crippen molar-refractivity contribution in [2.45, 2.75) is 50.9 Å². The van der Waals surface area contributed by atoms with E-state index in [1.807, 2.05) is 19.1 Å². The first-order chi connectivity index (χ1) is 17.6. The molecule has 2 aromatic carbocycles. The fourth-order valence-corrected chi connectivity index (χ4v) is 5.25. The Bertz CT molecular complexity index is 1010. The largest absolute Gasteiger partial charge is 0.497 e. The number of anilines is 1. The van der Waals surface area contributed by atoms with Gasteiger partial charge >= 0.3 is 0 Å². The number of rotatable bonds is 11. The third kappa shape index (κ3) is 6.70. The highest BCUT2D eigenvalue weighted by Crippen LogP contribution is 2.35. The van der Waals surface area contributed by atoms with Crippen molar-refractivity contribution in [1.82, 2.24) is 5.32 Å². The van der Waals surface area contributed by atoms with Gasteiger partial charge in [0.1, 0.15) is 18.1 Å². The van der Waals surface area contributed by atoms with Crippen molar-refractivity contribution in [2.75, 3.05) is 52.0 Å². The summed E-state index contributed by atoms with van der Waals surface area (Å²) in [5, 5.41) is 12.9. The summed E-state index contributed by atoms with van der Waals surface area (Å²) in [4.78, 5) is 2.38. The highest BCUT2D eigenvalue weighted by Gasteiger charge is 2.33. The molecule has 4 rings (SSSR count). The summed E-state index contributed by atoms with van der Waals surface area (Å²) in [5.41, 5.74) is 3.53. The zero-order valence-corrected chi connectivity index (χ0v) is 21.7. The van der Waals surface area contributed by atoms with Gasteiger partial charge in [0.05, 0.1) is 38.1 Å². The third-order valence-electron chi connectivity index (χ3n) is 7.22. The second kappa shape index (κ2) is 13.0. The molecule has 0 bridgehead atoms. The van der Waals surface area contributed by atoms with Gasteiger partial charge in [0.15, 0.2) is 0 Å². The van der Waals surface area contributed by atoms with Crippen molar-refractivity contribution >= 4 is 5.69 Å². The molecule has 2 heterocycles. The van der Waals surface area contributed by atoms with Gasteiger partial charge in [-0.2, -0.15) is 5.26 Å². The molecule has 1 unspecified atom stereocenters. The van der Waals surface area contributed by atoms with Crippen LogP contribution in [0.1, 0.15) is 43.2 Å².